The third-order valence-electron chi connectivity index (χ3n) is 6.78. The van der Waals surface area contributed by atoms with Crippen LogP contribution in [-0.4, -0.2) is 54.9 Å². The van der Waals surface area contributed by atoms with E-state index in [-0.39, 0.29) is 29.9 Å². The third-order valence-corrected chi connectivity index (χ3v) is 6.78. The maximum atomic E-state index is 12.6. The molecule has 1 amide bonds. The number of amides is 1. The van der Waals surface area contributed by atoms with Crippen LogP contribution in [0.15, 0.2) is 29.3 Å². The highest BCUT2D eigenvalue weighted by molar-refractivity contribution is 14.0. The van der Waals surface area contributed by atoms with Crippen molar-refractivity contribution in [2.24, 2.45) is 16.8 Å². The van der Waals surface area contributed by atoms with Crippen LogP contribution in [0.25, 0.3) is 0 Å². The predicted octanol–water partition coefficient (Wildman–Crippen LogP) is 4.13. The van der Waals surface area contributed by atoms with Crippen molar-refractivity contribution in [1.82, 2.24) is 15.1 Å². The Balaban J connectivity index is 0.00000240. The number of aliphatic imine (C=N–C) groups is 1. The number of likely N-dealkylation sites (tertiary alicyclic amines) is 2. The van der Waals surface area contributed by atoms with Crippen molar-refractivity contribution in [1.29, 1.82) is 0 Å². The average Bonchev–Trinajstić information content (AvgIpc) is 3.19. The molecule has 160 valence electrons. The van der Waals surface area contributed by atoms with Crippen LogP contribution in [0.4, 0.5) is 0 Å². The second kappa shape index (κ2) is 10.6. The molecule has 0 bridgehead atoms. The molecule has 1 aliphatic carbocycles. The Morgan fingerprint density at radius 3 is 2.17 bits per heavy atom. The molecule has 2 saturated heterocycles. The van der Waals surface area contributed by atoms with Crippen LogP contribution >= 0.6 is 24.0 Å². The lowest BCUT2D eigenvalue weighted by Gasteiger charge is -2.26. The first-order valence-electron chi connectivity index (χ1n) is 11.1. The number of hydrogen-bond donors (Lipinski definition) is 1. The molecule has 3 fully saturated rings. The number of benzene rings is 1. The van der Waals surface area contributed by atoms with Crippen LogP contribution in [0.1, 0.15) is 60.9 Å². The SMILES string of the molecule is CN=C(NCc1ccc(C(=O)N2CCCCC2)cc1)N1CC2CCCCC2C1.I. The van der Waals surface area contributed by atoms with E-state index in [9.17, 15) is 4.79 Å². The highest BCUT2D eigenvalue weighted by atomic mass is 127. The monoisotopic (exact) mass is 510 g/mol. The zero-order valence-corrected chi connectivity index (χ0v) is 19.9. The number of piperidine rings is 1. The minimum Gasteiger partial charge on any atom is -0.352 e. The molecular formula is C23H35IN4O. The molecule has 0 spiro atoms. The summed E-state index contributed by atoms with van der Waals surface area (Å²) >= 11 is 0. The largest absolute Gasteiger partial charge is 0.352 e. The van der Waals surface area contributed by atoms with Crippen molar-refractivity contribution in [3.63, 3.8) is 0 Å². The van der Waals surface area contributed by atoms with Crippen molar-refractivity contribution in [2.45, 2.75) is 51.5 Å². The van der Waals surface area contributed by atoms with Gasteiger partial charge in [-0.15, -0.1) is 24.0 Å². The van der Waals surface area contributed by atoms with E-state index in [0.29, 0.717) is 0 Å². The summed E-state index contributed by atoms with van der Waals surface area (Å²) in [5.74, 6) is 2.90. The second-order valence-electron chi connectivity index (χ2n) is 8.66. The highest BCUT2D eigenvalue weighted by Crippen LogP contribution is 2.35. The molecule has 5 nitrogen and oxygen atoms in total. The zero-order valence-electron chi connectivity index (χ0n) is 17.6. The fourth-order valence-electron chi connectivity index (χ4n) is 5.14. The van der Waals surface area contributed by atoms with Crippen molar-refractivity contribution >= 4 is 35.8 Å². The van der Waals surface area contributed by atoms with Crippen molar-refractivity contribution in [2.75, 3.05) is 33.2 Å². The highest BCUT2D eigenvalue weighted by Gasteiger charge is 2.35. The van der Waals surface area contributed by atoms with Gasteiger partial charge < -0.3 is 15.1 Å². The van der Waals surface area contributed by atoms with E-state index in [0.717, 1.165) is 68.9 Å². The fraction of sp³-hybridized carbons (Fsp3) is 0.652. The van der Waals surface area contributed by atoms with Crippen molar-refractivity contribution in [3.8, 4) is 0 Å². The first kappa shape index (κ1) is 22.4. The molecule has 2 unspecified atom stereocenters. The van der Waals surface area contributed by atoms with Crippen molar-refractivity contribution in [3.05, 3.63) is 35.4 Å². The van der Waals surface area contributed by atoms with E-state index >= 15 is 0 Å². The summed E-state index contributed by atoms with van der Waals surface area (Å²) in [6, 6.07) is 8.09. The van der Waals surface area contributed by atoms with Gasteiger partial charge in [0.15, 0.2) is 5.96 Å². The van der Waals surface area contributed by atoms with E-state index in [1.165, 1.54) is 37.7 Å². The van der Waals surface area contributed by atoms with Gasteiger partial charge in [-0.05, 0) is 61.6 Å². The molecule has 0 radical (unpaired) electrons. The van der Waals surface area contributed by atoms with Gasteiger partial charge >= 0.3 is 0 Å². The van der Waals surface area contributed by atoms with Crippen molar-refractivity contribution < 1.29 is 4.79 Å². The predicted molar refractivity (Wildman–Crippen MR) is 129 cm³/mol. The number of nitrogens with zero attached hydrogens (tertiary/aromatic N) is 3. The van der Waals surface area contributed by atoms with Gasteiger partial charge in [-0.2, -0.15) is 0 Å². The number of nitrogens with one attached hydrogen (secondary N) is 1. The lowest BCUT2D eigenvalue weighted by atomic mass is 9.82. The molecule has 1 aromatic carbocycles. The first-order valence-corrected chi connectivity index (χ1v) is 11.1. The summed E-state index contributed by atoms with van der Waals surface area (Å²) in [5.41, 5.74) is 1.99. The number of carbonyl (C=O) groups excluding carboxylic acids is 1. The Kier molecular flexibility index (Phi) is 8.21. The molecular weight excluding hydrogens is 475 g/mol. The standard InChI is InChI=1S/C23H34N4O.HI/c1-24-23(27-16-20-7-3-4-8-21(20)17-27)25-15-18-9-11-19(12-10-18)22(28)26-13-5-2-6-14-26;/h9-12,20-21H,2-8,13-17H2,1H3,(H,24,25);1H. The molecule has 3 aliphatic rings. The molecule has 6 heteroatoms. The fourth-order valence-corrected chi connectivity index (χ4v) is 5.14. The molecule has 1 aromatic rings. The van der Waals surface area contributed by atoms with E-state index in [4.69, 9.17) is 0 Å². The normalized spacial score (nSPS) is 24.7. The minimum atomic E-state index is 0. The smallest absolute Gasteiger partial charge is 0.253 e. The van der Waals surface area contributed by atoms with Crippen LogP contribution in [0.5, 0.6) is 0 Å². The number of rotatable bonds is 3. The molecule has 2 aliphatic heterocycles. The van der Waals surface area contributed by atoms with Gasteiger partial charge in [0.25, 0.3) is 5.91 Å². The molecule has 2 heterocycles. The van der Waals surface area contributed by atoms with Gasteiger partial charge in [0.05, 0.1) is 0 Å². The van der Waals surface area contributed by atoms with Gasteiger partial charge in [-0.3, -0.25) is 9.79 Å². The number of halogens is 1. The van der Waals surface area contributed by atoms with Crippen LogP contribution in [-0.2, 0) is 6.54 Å². The summed E-state index contributed by atoms with van der Waals surface area (Å²) in [5, 5.41) is 3.53. The van der Waals surface area contributed by atoms with Crippen LogP contribution in [0, 0.1) is 11.8 Å². The lowest BCUT2D eigenvalue weighted by molar-refractivity contribution is 0.0724. The van der Waals surface area contributed by atoms with Gasteiger partial charge in [-0.1, -0.05) is 25.0 Å². The Labute approximate surface area is 192 Å². The maximum absolute atomic E-state index is 12.6. The van der Waals surface area contributed by atoms with Crippen LogP contribution in [0.3, 0.4) is 0 Å². The zero-order chi connectivity index (χ0) is 19.3. The number of fused-ring (bicyclic) bond motifs is 1. The summed E-state index contributed by atoms with van der Waals surface area (Å²) in [7, 11) is 1.88. The summed E-state index contributed by atoms with van der Waals surface area (Å²) in [6.45, 7) is 4.84. The molecule has 4 rings (SSSR count). The molecule has 29 heavy (non-hydrogen) atoms. The Hall–Kier alpha value is -1.31. The lowest BCUT2D eigenvalue weighted by Crippen LogP contribution is -2.39. The summed E-state index contributed by atoms with van der Waals surface area (Å²) in [6.07, 6.45) is 9.05. The number of hydrogen-bond acceptors (Lipinski definition) is 2. The Bertz CT molecular complexity index is 685. The number of guanidine groups is 1. The Morgan fingerprint density at radius 2 is 1.59 bits per heavy atom. The summed E-state index contributed by atoms with van der Waals surface area (Å²) in [4.78, 5) is 21.6. The van der Waals surface area contributed by atoms with E-state index in [2.05, 4.69) is 27.3 Å². The molecule has 2 atom stereocenters. The van der Waals surface area contributed by atoms with Crippen LogP contribution < -0.4 is 5.32 Å². The van der Waals surface area contributed by atoms with Gasteiger partial charge in [-0.25, -0.2) is 0 Å². The minimum absolute atomic E-state index is 0. The molecule has 1 saturated carbocycles. The Morgan fingerprint density at radius 1 is 0.966 bits per heavy atom. The quantitative estimate of drug-likeness (QED) is 0.378. The molecule has 0 aromatic heterocycles. The number of carbonyl (C=O) groups is 1. The van der Waals surface area contributed by atoms with Crippen LogP contribution in [0.2, 0.25) is 0 Å². The van der Waals surface area contributed by atoms with E-state index in [1.807, 2.05) is 24.1 Å². The van der Waals surface area contributed by atoms with Gasteiger partial charge in [0, 0.05) is 45.3 Å². The van der Waals surface area contributed by atoms with Gasteiger partial charge in [0.2, 0.25) is 0 Å². The maximum Gasteiger partial charge on any atom is 0.253 e. The molecule has 1 N–H and O–H groups in total. The van der Waals surface area contributed by atoms with Gasteiger partial charge in [0.1, 0.15) is 0 Å². The third kappa shape index (κ3) is 5.44. The summed E-state index contributed by atoms with van der Waals surface area (Å²) < 4.78 is 0. The van der Waals surface area contributed by atoms with E-state index < -0.39 is 0 Å². The van der Waals surface area contributed by atoms with E-state index in [1.54, 1.807) is 0 Å². The average molecular weight is 510 g/mol. The topological polar surface area (TPSA) is 47.9 Å². The first-order chi connectivity index (χ1) is 13.7. The second-order valence-corrected chi connectivity index (χ2v) is 8.66.